The van der Waals surface area contributed by atoms with Crippen molar-refractivity contribution >= 4 is 6.41 Å². The van der Waals surface area contributed by atoms with Crippen molar-refractivity contribution in [3.8, 4) is 0 Å². The molecule has 2 rings (SSSR count). The Morgan fingerprint density at radius 3 is 2.26 bits per heavy atom. The average Bonchev–Trinajstić information content (AvgIpc) is 2.81. The number of hydrogen-bond acceptors (Lipinski definition) is 2. The van der Waals surface area contributed by atoms with Gasteiger partial charge in [0.25, 0.3) is 0 Å². The van der Waals surface area contributed by atoms with E-state index in [1.165, 1.54) is 30.5 Å². The minimum Gasteiger partial charge on any atom is -0.372 e. The first-order valence-corrected chi connectivity index (χ1v) is 7.12. The van der Waals surface area contributed by atoms with Gasteiger partial charge in [-0.1, -0.05) is 43.7 Å². The minimum absolute atomic E-state index is 0.250. The summed E-state index contributed by atoms with van der Waals surface area (Å²) >= 11 is 0. The number of carbonyl (C=O) groups is 1. The quantitative estimate of drug-likeness (QED) is 0.834. The van der Waals surface area contributed by atoms with Crippen molar-refractivity contribution in [3.63, 3.8) is 0 Å². The molecule has 0 bridgehead atoms. The Morgan fingerprint density at radius 1 is 1.32 bits per heavy atom. The van der Waals surface area contributed by atoms with Crippen molar-refractivity contribution in [1.29, 1.82) is 0 Å². The summed E-state index contributed by atoms with van der Waals surface area (Å²) < 4.78 is 0. The third kappa shape index (κ3) is 6.97. The third-order valence-electron chi connectivity index (χ3n) is 3.20. The molecule has 1 heterocycles. The van der Waals surface area contributed by atoms with E-state index in [1.807, 2.05) is 13.8 Å². The van der Waals surface area contributed by atoms with Crippen LogP contribution in [0.15, 0.2) is 24.3 Å². The molecule has 1 amide bonds. The number of amides is 1. The van der Waals surface area contributed by atoms with Gasteiger partial charge in [0.1, 0.15) is 0 Å². The molecule has 3 nitrogen and oxygen atoms in total. The van der Waals surface area contributed by atoms with Crippen LogP contribution in [0.4, 0.5) is 0 Å². The first kappa shape index (κ1) is 17.6. The number of rotatable bonds is 2. The minimum atomic E-state index is 0.250. The fourth-order valence-corrected chi connectivity index (χ4v) is 2.16. The number of likely N-dealkylation sites (tertiary alicyclic amines) is 1. The van der Waals surface area contributed by atoms with Crippen molar-refractivity contribution in [1.82, 2.24) is 4.90 Å². The average molecular weight is 264 g/mol. The van der Waals surface area contributed by atoms with E-state index in [1.54, 1.807) is 0 Å². The van der Waals surface area contributed by atoms with Gasteiger partial charge in [0.15, 0.2) is 0 Å². The molecular formula is C16H28N2O. The van der Waals surface area contributed by atoms with Gasteiger partial charge in [-0.3, -0.25) is 9.69 Å². The van der Waals surface area contributed by atoms with Gasteiger partial charge in [0.05, 0.1) is 0 Å². The van der Waals surface area contributed by atoms with E-state index in [0.29, 0.717) is 0 Å². The maximum Gasteiger partial charge on any atom is 0.204 e. The summed E-state index contributed by atoms with van der Waals surface area (Å²) in [5, 5.41) is 0. The summed E-state index contributed by atoms with van der Waals surface area (Å²) in [4.78, 5) is 11.2. The second-order valence-electron chi connectivity index (χ2n) is 4.58. The van der Waals surface area contributed by atoms with E-state index in [2.05, 4.69) is 48.7 Å². The summed E-state index contributed by atoms with van der Waals surface area (Å²) in [6.45, 7) is 10.9. The van der Waals surface area contributed by atoms with Crippen LogP contribution in [-0.2, 0) is 11.3 Å². The molecule has 1 fully saturated rings. The molecule has 1 aromatic carbocycles. The van der Waals surface area contributed by atoms with Gasteiger partial charge in [0, 0.05) is 12.6 Å². The predicted octanol–water partition coefficient (Wildman–Crippen LogP) is 3.11. The van der Waals surface area contributed by atoms with Crippen molar-refractivity contribution in [2.24, 2.45) is 5.73 Å². The molecule has 108 valence electrons. The molecule has 19 heavy (non-hydrogen) atoms. The molecule has 0 spiro atoms. The molecule has 1 atom stereocenters. The van der Waals surface area contributed by atoms with E-state index in [4.69, 9.17) is 4.79 Å². The lowest BCUT2D eigenvalue weighted by atomic mass is 10.1. The fourth-order valence-electron chi connectivity index (χ4n) is 2.16. The Kier molecular flexibility index (Phi) is 9.81. The topological polar surface area (TPSA) is 46.3 Å². The first-order valence-electron chi connectivity index (χ1n) is 7.12. The summed E-state index contributed by atoms with van der Waals surface area (Å²) in [5.41, 5.74) is 6.97. The van der Waals surface area contributed by atoms with Gasteiger partial charge in [-0.15, -0.1) is 0 Å². The lowest BCUT2D eigenvalue weighted by molar-refractivity contribution is -0.106. The summed E-state index contributed by atoms with van der Waals surface area (Å²) in [5.74, 6) is 0. The van der Waals surface area contributed by atoms with E-state index in [-0.39, 0.29) is 6.41 Å². The molecule has 0 aliphatic carbocycles. The van der Waals surface area contributed by atoms with Gasteiger partial charge < -0.3 is 5.73 Å². The standard InChI is InChI=1S/C13H19N.C2H6.CH3NO/c1-11-5-7-13(8-6-11)10-14-9-3-4-12(14)2;1-2;2-1-3/h5-8,12H,3-4,9-10H2,1-2H3;1-2H3;1H,(H2,2,3). The van der Waals surface area contributed by atoms with Crippen molar-refractivity contribution in [3.05, 3.63) is 35.4 Å². The van der Waals surface area contributed by atoms with Crippen LogP contribution in [0.3, 0.4) is 0 Å². The smallest absolute Gasteiger partial charge is 0.204 e. The number of carbonyl (C=O) groups excluding carboxylic acids is 1. The van der Waals surface area contributed by atoms with E-state index >= 15 is 0 Å². The van der Waals surface area contributed by atoms with E-state index in [9.17, 15) is 0 Å². The normalized spacial score (nSPS) is 17.8. The van der Waals surface area contributed by atoms with Crippen LogP contribution in [0.25, 0.3) is 0 Å². The van der Waals surface area contributed by atoms with Crippen LogP contribution in [0.5, 0.6) is 0 Å². The molecule has 1 aromatic rings. The molecule has 1 unspecified atom stereocenters. The van der Waals surface area contributed by atoms with Crippen LogP contribution in [0.1, 0.15) is 44.7 Å². The number of benzene rings is 1. The number of primary amides is 1. The van der Waals surface area contributed by atoms with Crippen molar-refractivity contribution < 1.29 is 4.79 Å². The number of nitrogens with two attached hydrogens (primary N) is 1. The highest BCUT2D eigenvalue weighted by Gasteiger charge is 2.19. The zero-order chi connectivity index (χ0) is 14.7. The second kappa shape index (κ2) is 10.6. The van der Waals surface area contributed by atoms with Gasteiger partial charge in [-0.25, -0.2) is 0 Å². The molecule has 1 aliphatic rings. The third-order valence-corrected chi connectivity index (χ3v) is 3.20. The second-order valence-corrected chi connectivity index (χ2v) is 4.58. The van der Waals surface area contributed by atoms with E-state index < -0.39 is 0 Å². The van der Waals surface area contributed by atoms with Crippen molar-refractivity contribution in [2.45, 2.75) is 53.1 Å². The molecule has 0 saturated carbocycles. The highest BCUT2D eigenvalue weighted by Crippen LogP contribution is 2.19. The zero-order valence-corrected chi connectivity index (χ0v) is 12.7. The molecule has 1 saturated heterocycles. The van der Waals surface area contributed by atoms with Crippen molar-refractivity contribution in [2.75, 3.05) is 6.54 Å². The summed E-state index contributed by atoms with van der Waals surface area (Å²) in [6.07, 6.45) is 2.99. The molecule has 0 aromatic heterocycles. The largest absolute Gasteiger partial charge is 0.372 e. The Balaban J connectivity index is 0.000000573. The predicted molar refractivity (Wildman–Crippen MR) is 81.9 cm³/mol. The monoisotopic (exact) mass is 264 g/mol. The number of hydrogen-bond donors (Lipinski definition) is 1. The first-order chi connectivity index (χ1) is 9.17. The zero-order valence-electron chi connectivity index (χ0n) is 12.7. The molecule has 0 radical (unpaired) electrons. The van der Waals surface area contributed by atoms with E-state index in [0.717, 1.165) is 12.6 Å². The van der Waals surface area contributed by atoms with Crippen LogP contribution in [0.2, 0.25) is 0 Å². The van der Waals surface area contributed by atoms with Gasteiger partial charge in [-0.2, -0.15) is 0 Å². The maximum atomic E-state index is 8.58. The molecule has 2 N–H and O–H groups in total. The lowest BCUT2D eigenvalue weighted by Gasteiger charge is -2.20. The fraction of sp³-hybridized carbons (Fsp3) is 0.562. The Bertz CT molecular complexity index is 335. The highest BCUT2D eigenvalue weighted by atomic mass is 16.1. The van der Waals surface area contributed by atoms with Gasteiger partial charge in [0.2, 0.25) is 6.41 Å². The molecular weight excluding hydrogens is 236 g/mol. The lowest BCUT2D eigenvalue weighted by Crippen LogP contribution is -2.26. The highest BCUT2D eigenvalue weighted by molar-refractivity contribution is 5.42. The van der Waals surface area contributed by atoms with Gasteiger partial charge >= 0.3 is 0 Å². The SMILES string of the molecule is CC.Cc1ccc(CN2CCCC2C)cc1.NC=O. The number of aryl methyl sites for hydroxylation is 1. The summed E-state index contributed by atoms with van der Waals surface area (Å²) in [6, 6.07) is 9.68. The van der Waals surface area contributed by atoms with Crippen LogP contribution in [-0.4, -0.2) is 23.9 Å². The molecule has 3 heteroatoms. The Labute approximate surface area is 117 Å². The number of nitrogens with zero attached hydrogens (tertiary/aromatic N) is 1. The Hall–Kier alpha value is -1.35. The maximum absolute atomic E-state index is 8.58. The summed E-state index contributed by atoms with van der Waals surface area (Å²) in [7, 11) is 0. The molecule has 1 aliphatic heterocycles. The van der Waals surface area contributed by atoms with Gasteiger partial charge in [-0.05, 0) is 38.8 Å². The van der Waals surface area contributed by atoms with Crippen LogP contribution < -0.4 is 5.73 Å². The van der Waals surface area contributed by atoms with Crippen LogP contribution in [0, 0.1) is 6.92 Å². The van der Waals surface area contributed by atoms with Crippen LogP contribution >= 0.6 is 0 Å². The Morgan fingerprint density at radius 2 is 1.84 bits per heavy atom.